The van der Waals surface area contributed by atoms with Crippen molar-refractivity contribution in [1.82, 2.24) is 19.4 Å². The summed E-state index contributed by atoms with van der Waals surface area (Å²) in [6.07, 6.45) is 1.66. The first kappa shape index (κ1) is 21.7. The van der Waals surface area contributed by atoms with Gasteiger partial charge in [0.2, 0.25) is 10.0 Å². The summed E-state index contributed by atoms with van der Waals surface area (Å²) in [4.78, 5) is 6.65. The van der Waals surface area contributed by atoms with Crippen LogP contribution in [0.4, 0.5) is 11.6 Å². The van der Waals surface area contributed by atoms with Gasteiger partial charge in [-0.15, -0.1) is 10.2 Å². The first-order chi connectivity index (χ1) is 14.9. The fourth-order valence-electron chi connectivity index (χ4n) is 3.79. The molecule has 2 aromatic rings. The van der Waals surface area contributed by atoms with Crippen molar-refractivity contribution in [2.24, 2.45) is 0 Å². The van der Waals surface area contributed by atoms with Crippen molar-refractivity contribution in [1.29, 1.82) is 0 Å². The summed E-state index contributed by atoms with van der Waals surface area (Å²) in [5, 5.41) is 10.1. The molecule has 8 nitrogen and oxygen atoms in total. The van der Waals surface area contributed by atoms with Gasteiger partial charge in [-0.05, 0) is 37.7 Å². The summed E-state index contributed by atoms with van der Waals surface area (Å²) >= 11 is 0. The van der Waals surface area contributed by atoms with Gasteiger partial charge in [-0.25, -0.2) is 8.42 Å². The zero-order valence-electron chi connectivity index (χ0n) is 18.2. The van der Waals surface area contributed by atoms with E-state index in [9.17, 15) is 8.42 Å². The molecule has 0 aliphatic carbocycles. The summed E-state index contributed by atoms with van der Waals surface area (Å²) in [6.45, 7) is 8.03. The predicted octanol–water partition coefficient (Wildman–Crippen LogP) is 1.66. The molecule has 2 aliphatic heterocycles. The lowest BCUT2D eigenvalue weighted by molar-refractivity contribution is 0.312. The van der Waals surface area contributed by atoms with Crippen LogP contribution >= 0.6 is 0 Å². The molecule has 9 heteroatoms. The van der Waals surface area contributed by atoms with Crippen molar-refractivity contribution in [2.75, 3.05) is 69.2 Å². The number of aryl methyl sites for hydroxylation is 1. The van der Waals surface area contributed by atoms with Gasteiger partial charge in [0, 0.05) is 57.8 Å². The molecule has 2 aliphatic rings. The largest absolute Gasteiger partial charge is 0.353 e. The Morgan fingerprint density at radius 3 is 1.81 bits per heavy atom. The van der Waals surface area contributed by atoms with E-state index in [4.69, 9.17) is 0 Å². The van der Waals surface area contributed by atoms with Gasteiger partial charge in [-0.3, -0.25) is 0 Å². The summed E-state index contributed by atoms with van der Waals surface area (Å²) in [5.74, 6) is 1.70. The highest BCUT2D eigenvalue weighted by atomic mass is 32.2. The number of rotatable bonds is 5. The highest BCUT2D eigenvalue weighted by Crippen LogP contribution is 2.19. The number of aromatic nitrogens is 2. The molecule has 0 radical (unpaired) electrons. The fourth-order valence-corrected chi connectivity index (χ4v) is 4.96. The van der Waals surface area contributed by atoms with Gasteiger partial charge in [-0.1, -0.05) is 29.8 Å². The number of benzene rings is 1. The molecule has 4 rings (SSSR count). The number of sulfonamides is 1. The number of likely N-dealkylation sites (N-methyl/N-ethyl adjacent to an activating group) is 1. The molecule has 0 N–H and O–H groups in total. The summed E-state index contributed by atoms with van der Waals surface area (Å²) < 4.78 is 26.9. The molecule has 2 saturated heterocycles. The minimum atomic E-state index is -3.44. The zero-order chi connectivity index (χ0) is 21.8. The summed E-state index contributed by atoms with van der Waals surface area (Å²) in [6, 6.07) is 11.8. The van der Waals surface area contributed by atoms with E-state index in [2.05, 4.69) is 31.9 Å². The van der Waals surface area contributed by atoms with Crippen molar-refractivity contribution in [3.63, 3.8) is 0 Å². The molecule has 0 amide bonds. The molecule has 3 heterocycles. The Labute approximate surface area is 184 Å². The van der Waals surface area contributed by atoms with Crippen LogP contribution in [0.1, 0.15) is 11.1 Å². The first-order valence-corrected chi connectivity index (χ1v) is 12.2. The number of nitrogens with zero attached hydrogens (tertiary/aromatic N) is 6. The second-order valence-electron chi connectivity index (χ2n) is 8.18. The van der Waals surface area contributed by atoms with E-state index in [1.165, 1.54) is 9.71 Å². The molecule has 0 unspecified atom stereocenters. The van der Waals surface area contributed by atoms with Crippen molar-refractivity contribution in [2.45, 2.75) is 6.92 Å². The Morgan fingerprint density at radius 2 is 1.29 bits per heavy atom. The highest BCUT2D eigenvalue weighted by molar-refractivity contribution is 7.92. The third kappa shape index (κ3) is 5.41. The molecule has 1 aromatic heterocycles. The normalized spacial score (nSPS) is 19.3. The lowest BCUT2D eigenvalue weighted by Crippen LogP contribution is -2.48. The molecule has 166 valence electrons. The van der Waals surface area contributed by atoms with Gasteiger partial charge in [0.05, 0.1) is 0 Å². The van der Waals surface area contributed by atoms with Gasteiger partial charge >= 0.3 is 0 Å². The van der Waals surface area contributed by atoms with Gasteiger partial charge in [-0.2, -0.15) is 4.31 Å². The SMILES string of the molecule is Cc1ccc(/C=C/S(=O)(=O)N2CCN(c3ccc(N4CCN(C)CC4)nn3)CC2)cc1. The Bertz CT molecular complexity index is 991. The molecule has 0 saturated carbocycles. The van der Waals surface area contributed by atoms with Gasteiger partial charge in [0.25, 0.3) is 0 Å². The topological polar surface area (TPSA) is 72.9 Å². The molecular formula is C22H30N6O2S. The van der Waals surface area contributed by atoms with Gasteiger partial charge in [0.15, 0.2) is 11.6 Å². The van der Waals surface area contributed by atoms with Crippen LogP contribution in [0.2, 0.25) is 0 Å². The summed E-state index contributed by atoms with van der Waals surface area (Å²) in [5.41, 5.74) is 2.03. The van der Waals surface area contributed by atoms with Crippen molar-refractivity contribution >= 4 is 27.7 Å². The fraction of sp³-hybridized carbons (Fsp3) is 0.455. The van der Waals surface area contributed by atoms with Crippen molar-refractivity contribution in [3.8, 4) is 0 Å². The maximum absolute atomic E-state index is 12.7. The predicted molar refractivity (Wildman–Crippen MR) is 125 cm³/mol. The number of hydrogen-bond acceptors (Lipinski definition) is 7. The molecule has 0 atom stereocenters. The third-order valence-electron chi connectivity index (χ3n) is 5.90. The van der Waals surface area contributed by atoms with Crippen LogP contribution in [0.3, 0.4) is 0 Å². The first-order valence-electron chi connectivity index (χ1n) is 10.7. The molecular weight excluding hydrogens is 412 g/mol. The summed E-state index contributed by atoms with van der Waals surface area (Å²) in [7, 11) is -1.31. The van der Waals surface area contributed by atoms with Crippen LogP contribution in [0.15, 0.2) is 41.8 Å². The van der Waals surface area contributed by atoms with Crippen LogP contribution in [0, 0.1) is 6.92 Å². The van der Waals surface area contributed by atoms with Crippen LogP contribution in [0.5, 0.6) is 0 Å². The Balaban J connectivity index is 1.33. The zero-order valence-corrected chi connectivity index (χ0v) is 19.0. The van der Waals surface area contributed by atoms with Crippen LogP contribution in [-0.2, 0) is 10.0 Å². The Kier molecular flexibility index (Phi) is 6.54. The second-order valence-corrected chi connectivity index (χ2v) is 10.0. The van der Waals surface area contributed by atoms with E-state index in [0.29, 0.717) is 26.2 Å². The monoisotopic (exact) mass is 442 g/mol. The van der Waals surface area contributed by atoms with Crippen molar-refractivity contribution in [3.05, 3.63) is 52.9 Å². The van der Waals surface area contributed by atoms with E-state index in [1.54, 1.807) is 6.08 Å². The van der Waals surface area contributed by atoms with Crippen molar-refractivity contribution < 1.29 is 8.42 Å². The van der Waals surface area contributed by atoms with Gasteiger partial charge in [0.1, 0.15) is 0 Å². The Morgan fingerprint density at radius 1 is 0.774 bits per heavy atom. The molecule has 0 spiro atoms. The quantitative estimate of drug-likeness (QED) is 0.697. The number of anilines is 2. The van der Waals surface area contributed by atoms with Gasteiger partial charge < -0.3 is 14.7 Å². The standard InChI is InChI=1S/C22H30N6O2S/c1-19-3-5-20(6-4-19)9-18-31(29,30)28-16-14-27(15-17-28)22-8-7-21(23-24-22)26-12-10-25(2)11-13-26/h3-9,18H,10-17H2,1-2H3/b18-9+. The van der Waals surface area contributed by atoms with Crippen LogP contribution < -0.4 is 9.80 Å². The van der Waals surface area contributed by atoms with Crippen LogP contribution in [-0.4, -0.2) is 87.2 Å². The Hall–Kier alpha value is -2.49. The van der Waals surface area contributed by atoms with E-state index in [0.717, 1.165) is 48.9 Å². The minimum absolute atomic E-state index is 0.433. The minimum Gasteiger partial charge on any atom is -0.353 e. The smallest absolute Gasteiger partial charge is 0.236 e. The molecule has 31 heavy (non-hydrogen) atoms. The maximum atomic E-state index is 12.7. The second kappa shape index (κ2) is 9.33. The lowest BCUT2D eigenvalue weighted by atomic mass is 10.2. The molecule has 2 fully saturated rings. The molecule has 1 aromatic carbocycles. The molecule has 0 bridgehead atoms. The number of piperazine rings is 2. The van der Waals surface area contributed by atoms with E-state index in [-0.39, 0.29) is 0 Å². The van der Waals surface area contributed by atoms with Crippen LogP contribution in [0.25, 0.3) is 6.08 Å². The maximum Gasteiger partial charge on any atom is 0.236 e. The van der Waals surface area contributed by atoms with E-state index >= 15 is 0 Å². The third-order valence-corrected chi connectivity index (χ3v) is 7.46. The van der Waals surface area contributed by atoms with E-state index in [1.807, 2.05) is 43.3 Å². The average molecular weight is 443 g/mol. The highest BCUT2D eigenvalue weighted by Gasteiger charge is 2.26. The lowest BCUT2D eigenvalue weighted by Gasteiger charge is -2.35. The average Bonchev–Trinajstić information content (AvgIpc) is 2.79. The van der Waals surface area contributed by atoms with E-state index < -0.39 is 10.0 Å². The number of hydrogen-bond donors (Lipinski definition) is 0.